The number of hydrogen-bond donors (Lipinski definition) is 1. The third-order valence-electron chi connectivity index (χ3n) is 4.44. The smallest absolute Gasteiger partial charge is 0.248 e. The van der Waals surface area contributed by atoms with Gasteiger partial charge in [0.25, 0.3) is 0 Å². The lowest BCUT2D eigenvalue weighted by Crippen LogP contribution is -2.12. The van der Waals surface area contributed by atoms with Gasteiger partial charge in [-0.2, -0.15) is 0 Å². The third-order valence-corrected chi connectivity index (χ3v) is 5.55. The van der Waals surface area contributed by atoms with Crippen molar-refractivity contribution < 1.29 is 17.6 Å². The van der Waals surface area contributed by atoms with Crippen LogP contribution in [0.1, 0.15) is 27.0 Å². The number of amides is 1. The number of carbonyl (C=O) groups excluding carboxylic acids is 1. The van der Waals surface area contributed by atoms with Crippen LogP contribution in [0, 0.1) is 12.7 Å². The first kappa shape index (κ1) is 19.7. The number of hydrogen-bond acceptors (Lipinski definition) is 4. The molecule has 7 heteroatoms. The van der Waals surface area contributed by atoms with Crippen molar-refractivity contribution in [2.24, 2.45) is 5.73 Å². The van der Waals surface area contributed by atoms with E-state index in [1.807, 2.05) is 0 Å². The average molecular weight is 398 g/mol. The van der Waals surface area contributed by atoms with Crippen molar-refractivity contribution in [2.75, 3.05) is 6.26 Å². The molecule has 28 heavy (non-hydrogen) atoms. The van der Waals surface area contributed by atoms with Crippen molar-refractivity contribution in [1.29, 1.82) is 0 Å². The zero-order valence-electron chi connectivity index (χ0n) is 15.4. The van der Waals surface area contributed by atoms with Crippen LogP contribution in [0.5, 0.6) is 0 Å². The lowest BCUT2D eigenvalue weighted by molar-refractivity contribution is 0.0999. The number of rotatable bonds is 5. The van der Waals surface area contributed by atoms with E-state index in [4.69, 9.17) is 5.73 Å². The van der Waals surface area contributed by atoms with Gasteiger partial charge in [0.1, 0.15) is 5.82 Å². The first-order chi connectivity index (χ1) is 13.1. The first-order valence-corrected chi connectivity index (χ1v) is 10.4. The van der Waals surface area contributed by atoms with Crippen molar-refractivity contribution in [3.63, 3.8) is 0 Å². The van der Waals surface area contributed by atoms with Gasteiger partial charge >= 0.3 is 0 Å². The predicted molar refractivity (Wildman–Crippen MR) is 105 cm³/mol. The largest absolute Gasteiger partial charge is 0.366 e. The van der Waals surface area contributed by atoms with Gasteiger partial charge in [-0.1, -0.05) is 18.2 Å². The molecule has 3 aromatic rings. The number of benzene rings is 2. The van der Waals surface area contributed by atoms with Gasteiger partial charge in [0.15, 0.2) is 9.84 Å². The maximum atomic E-state index is 14.3. The minimum Gasteiger partial charge on any atom is -0.366 e. The summed E-state index contributed by atoms with van der Waals surface area (Å²) < 4.78 is 37.8. The fraction of sp³-hybridized carbons (Fsp3) is 0.143. The van der Waals surface area contributed by atoms with Gasteiger partial charge in [-0.05, 0) is 53.9 Å². The Labute approximate surface area is 163 Å². The fourth-order valence-electron chi connectivity index (χ4n) is 2.98. The molecule has 5 nitrogen and oxygen atoms in total. The molecule has 2 aromatic carbocycles. The number of nitrogens with two attached hydrogens (primary N) is 1. The second-order valence-corrected chi connectivity index (χ2v) is 8.67. The summed E-state index contributed by atoms with van der Waals surface area (Å²) in [6, 6.07) is 13.2. The molecule has 0 atom stereocenters. The standard InChI is InChI=1S/C21H19FN2O3S/c1-13-8-15(6-7-18(13)21(23)25)20-11-16(19(22)12-24-20)9-14-4-3-5-17(10-14)28(2,26)27/h3-8,10-12H,9H2,1-2H3,(H2,23,25). The second kappa shape index (κ2) is 7.52. The quantitative estimate of drug-likeness (QED) is 0.714. The normalized spacial score (nSPS) is 11.4. The number of aromatic nitrogens is 1. The molecule has 1 amide bonds. The molecule has 0 aliphatic carbocycles. The Balaban J connectivity index is 1.97. The highest BCUT2D eigenvalue weighted by Gasteiger charge is 2.12. The summed E-state index contributed by atoms with van der Waals surface area (Å²) >= 11 is 0. The molecule has 0 radical (unpaired) electrons. The molecule has 0 saturated carbocycles. The number of aryl methyl sites for hydroxylation is 1. The van der Waals surface area contributed by atoms with Crippen molar-refractivity contribution in [3.8, 4) is 11.3 Å². The van der Waals surface area contributed by atoms with Crippen LogP contribution in [0.15, 0.2) is 59.6 Å². The van der Waals surface area contributed by atoms with Crippen LogP contribution in [0.3, 0.4) is 0 Å². The Bertz CT molecular complexity index is 1170. The molecule has 0 aliphatic heterocycles. The molecule has 0 unspecified atom stereocenters. The van der Waals surface area contributed by atoms with E-state index in [9.17, 15) is 17.6 Å². The summed E-state index contributed by atoms with van der Waals surface area (Å²) in [6.07, 6.45) is 2.50. The van der Waals surface area contributed by atoms with Crippen molar-refractivity contribution in [2.45, 2.75) is 18.2 Å². The van der Waals surface area contributed by atoms with Crippen LogP contribution in [-0.4, -0.2) is 25.6 Å². The van der Waals surface area contributed by atoms with Crippen LogP contribution >= 0.6 is 0 Å². The maximum absolute atomic E-state index is 14.3. The van der Waals surface area contributed by atoms with Crippen molar-refractivity contribution >= 4 is 15.7 Å². The van der Waals surface area contributed by atoms with E-state index in [1.165, 1.54) is 6.07 Å². The van der Waals surface area contributed by atoms with Crippen molar-refractivity contribution in [3.05, 3.63) is 82.8 Å². The summed E-state index contributed by atoms with van der Waals surface area (Å²) in [5.74, 6) is -0.985. The van der Waals surface area contributed by atoms with Gasteiger partial charge in [0.05, 0.1) is 16.8 Å². The number of sulfone groups is 1. The van der Waals surface area contributed by atoms with Gasteiger partial charge < -0.3 is 5.73 Å². The zero-order chi connectivity index (χ0) is 20.5. The highest BCUT2D eigenvalue weighted by Crippen LogP contribution is 2.24. The Hall–Kier alpha value is -3.06. The minimum absolute atomic E-state index is 0.192. The molecular weight excluding hydrogens is 379 g/mol. The predicted octanol–water partition coefficient (Wildman–Crippen LogP) is 3.29. The number of carbonyl (C=O) groups is 1. The number of primary amides is 1. The van der Waals surface area contributed by atoms with Gasteiger partial charge in [-0.25, -0.2) is 12.8 Å². The lowest BCUT2D eigenvalue weighted by atomic mass is 10.00. The molecule has 0 spiro atoms. The van der Waals surface area contributed by atoms with E-state index in [2.05, 4.69) is 4.98 Å². The topological polar surface area (TPSA) is 90.1 Å². The zero-order valence-corrected chi connectivity index (χ0v) is 16.3. The SMILES string of the molecule is Cc1cc(-c2cc(Cc3cccc(S(C)(=O)=O)c3)c(F)cn2)ccc1C(N)=O. The number of halogens is 1. The van der Waals surface area contributed by atoms with E-state index < -0.39 is 21.6 Å². The first-order valence-electron chi connectivity index (χ1n) is 8.49. The summed E-state index contributed by atoms with van der Waals surface area (Å²) in [6.45, 7) is 1.77. The Morgan fingerprint density at radius 2 is 1.89 bits per heavy atom. The van der Waals surface area contributed by atoms with Crippen LogP contribution in [0.4, 0.5) is 4.39 Å². The monoisotopic (exact) mass is 398 g/mol. The molecule has 1 heterocycles. The average Bonchev–Trinajstić information content (AvgIpc) is 2.62. The van der Waals surface area contributed by atoms with E-state index in [0.717, 1.165) is 18.0 Å². The van der Waals surface area contributed by atoms with E-state index in [-0.39, 0.29) is 11.3 Å². The number of pyridine rings is 1. The van der Waals surface area contributed by atoms with Gasteiger partial charge in [0, 0.05) is 23.8 Å². The maximum Gasteiger partial charge on any atom is 0.248 e. The fourth-order valence-corrected chi connectivity index (χ4v) is 3.67. The summed E-state index contributed by atoms with van der Waals surface area (Å²) in [5.41, 5.74) is 8.81. The Morgan fingerprint density at radius 3 is 2.54 bits per heavy atom. The highest BCUT2D eigenvalue weighted by molar-refractivity contribution is 7.90. The van der Waals surface area contributed by atoms with E-state index >= 15 is 0 Å². The molecule has 1 aromatic heterocycles. The lowest BCUT2D eigenvalue weighted by Gasteiger charge is -2.09. The van der Waals surface area contributed by atoms with E-state index in [0.29, 0.717) is 27.9 Å². The van der Waals surface area contributed by atoms with Crippen LogP contribution in [0.2, 0.25) is 0 Å². The van der Waals surface area contributed by atoms with Crippen LogP contribution < -0.4 is 5.73 Å². The highest BCUT2D eigenvalue weighted by atomic mass is 32.2. The third kappa shape index (κ3) is 4.26. The van der Waals surface area contributed by atoms with Crippen LogP contribution in [0.25, 0.3) is 11.3 Å². The van der Waals surface area contributed by atoms with Crippen LogP contribution in [-0.2, 0) is 16.3 Å². The summed E-state index contributed by atoms with van der Waals surface area (Å²) in [4.78, 5) is 15.7. The van der Waals surface area contributed by atoms with Gasteiger partial charge in [-0.15, -0.1) is 0 Å². The molecule has 2 N–H and O–H groups in total. The molecule has 0 aliphatic rings. The molecule has 0 fully saturated rings. The molecular formula is C21H19FN2O3S. The molecule has 144 valence electrons. The van der Waals surface area contributed by atoms with Gasteiger partial charge in [-0.3, -0.25) is 9.78 Å². The second-order valence-electron chi connectivity index (χ2n) is 6.65. The summed E-state index contributed by atoms with van der Waals surface area (Å²) in [7, 11) is -3.34. The van der Waals surface area contributed by atoms with Crippen molar-refractivity contribution in [1.82, 2.24) is 4.98 Å². The minimum atomic E-state index is -3.34. The van der Waals surface area contributed by atoms with E-state index in [1.54, 1.807) is 49.4 Å². The number of nitrogens with zero attached hydrogens (tertiary/aromatic N) is 1. The molecule has 0 bridgehead atoms. The summed E-state index contributed by atoms with van der Waals surface area (Å²) in [5, 5.41) is 0. The Kier molecular flexibility index (Phi) is 5.29. The molecule has 0 saturated heterocycles. The molecule has 3 rings (SSSR count). The van der Waals surface area contributed by atoms with Gasteiger partial charge in [0.2, 0.25) is 5.91 Å². The Morgan fingerprint density at radius 1 is 1.14 bits per heavy atom.